The molecule has 2 rings (SSSR count). The molecule has 0 radical (unpaired) electrons. The van der Waals surface area contributed by atoms with Gasteiger partial charge in [-0.2, -0.15) is 0 Å². The molecule has 2 aromatic rings. The molecule has 0 aliphatic rings. The van der Waals surface area contributed by atoms with Crippen LogP contribution in [0.4, 0.5) is 0 Å². The highest BCUT2D eigenvalue weighted by molar-refractivity contribution is 9.10. The second-order valence-electron chi connectivity index (χ2n) is 4.13. The summed E-state index contributed by atoms with van der Waals surface area (Å²) in [5, 5.41) is 2.88. The summed E-state index contributed by atoms with van der Waals surface area (Å²) in [6.45, 7) is 0.474. The molecule has 104 valence electrons. The lowest BCUT2D eigenvalue weighted by molar-refractivity contribution is 0.0947. The van der Waals surface area contributed by atoms with Crippen LogP contribution in [0.2, 0.25) is 0 Å². The Morgan fingerprint density at radius 1 is 1.15 bits per heavy atom. The number of hydrogen-bond acceptors (Lipinski definition) is 2. The molecule has 0 atom stereocenters. The molecule has 20 heavy (non-hydrogen) atoms. The molecule has 0 saturated heterocycles. The van der Waals surface area contributed by atoms with Crippen molar-refractivity contribution in [3.8, 4) is 5.75 Å². The van der Waals surface area contributed by atoms with E-state index in [2.05, 4.69) is 37.2 Å². The Bertz CT molecular complexity index is 612. The van der Waals surface area contributed by atoms with E-state index in [1.165, 1.54) is 0 Å². The number of methoxy groups -OCH3 is 1. The molecule has 3 nitrogen and oxygen atoms in total. The maximum absolute atomic E-state index is 12.2. The third-order valence-electron chi connectivity index (χ3n) is 2.78. The van der Waals surface area contributed by atoms with Crippen molar-refractivity contribution in [2.45, 2.75) is 6.54 Å². The highest BCUT2D eigenvalue weighted by atomic mass is 79.9. The van der Waals surface area contributed by atoms with Gasteiger partial charge in [0, 0.05) is 11.0 Å². The summed E-state index contributed by atoms with van der Waals surface area (Å²) in [4.78, 5) is 12.2. The van der Waals surface area contributed by atoms with E-state index in [0.29, 0.717) is 17.9 Å². The van der Waals surface area contributed by atoms with E-state index >= 15 is 0 Å². The van der Waals surface area contributed by atoms with E-state index in [9.17, 15) is 4.79 Å². The van der Waals surface area contributed by atoms with Gasteiger partial charge in [-0.05, 0) is 45.8 Å². The summed E-state index contributed by atoms with van der Waals surface area (Å²) >= 11 is 6.75. The second kappa shape index (κ2) is 6.90. The minimum Gasteiger partial charge on any atom is -0.495 e. The van der Waals surface area contributed by atoms with Gasteiger partial charge < -0.3 is 10.1 Å². The van der Waals surface area contributed by atoms with Gasteiger partial charge in [-0.1, -0.05) is 34.1 Å². The number of halogens is 2. The standard InChI is InChI=1S/C15H13Br2NO2/c1-20-14-12(3-2-4-13(14)17)15(19)18-9-10-5-7-11(16)8-6-10/h2-8H,9H2,1H3,(H,18,19). The van der Waals surface area contributed by atoms with Crippen molar-refractivity contribution in [3.63, 3.8) is 0 Å². The number of para-hydroxylation sites is 1. The molecular weight excluding hydrogens is 386 g/mol. The average molecular weight is 399 g/mol. The van der Waals surface area contributed by atoms with E-state index in [1.807, 2.05) is 30.3 Å². The molecule has 0 bridgehead atoms. The molecule has 0 fully saturated rings. The van der Waals surface area contributed by atoms with Crippen molar-refractivity contribution in [3.05, 3.63) is 62.5 Å². The molecule has 0 aromatic heterocycles. The second-order valence-corrected chi connectivity index (χ2v) is 5.90. The number of rotatable bonds is 4. The van der Waals surface area contributed by atoms with Crippen molar-refractivity contribution in [1.29, 1.82) is 0 Å². The normalized spacial score (nSPS) is 10.2. The lowest BCUT2D eigenvalue weighted by Crippen LogP contribution is -2.23. The van der Waals surface area contributed by atoms with E-state index in [1.54, 1.807) is 19.2 Å². The zero-order valence-electron chi connectivity index (χ0n) is 10.8. The Morgan fingerprint density at radius 2 is 1.85 bits per heavy atom. The Hall–Kier alpha value is -1.33. The molecule has 5 heteroatoms. The Morgan fingerprint density at radius 3 is 2.50 bits per heavy atom. The van der Waals surface area contributed by atoms with Gasteiger partial charge >= 0.3 is 0 Å². The van der Waals surface area contributed by atoms with Crippen LogP contribution in [0.5, 0.6) is 5.75 Å². The van der Waals surface area contributed by atoms with Crippen molar-refractivity contribution in [2.24, 2.45) is 0 Å². The number of carbonyl (C=O) groups is 1. The lowest BCUT2D eigenvalue weighted by Gasteiger charge is -2.10. The van der Waals surface area contributed by atoms with Crippen molar-refractivity contribution >= 4 is 37.8 Å². The molecule has 0 unspecified atom stereocenters. The van der Waals surface area contributed by atoms with Gasteiger partial charge in [0.05, 0.1) is 17.1 Å². The molecule has 1 amide bonds. The Labute approximate surface area is 134 Å². The van der Waals surface area contributed by atoms with Crippen molar-refractivity contribution < 1.29 is 9.53 Å². The van der Waals surface area contributed by atoms with Gasteiger partial charge in [0.15, 0.2) is 0 Å². The monoisotopic (exact) mass is 397 g/mol. The summed E-state index contributed by atoms with van der Waals surface area (Å²) in [5.74, 6) is 0.381. The number of carbonyl (C=O) groups excluding carboxylic acids is 1. The van der Waals surface area contributed by atoms with Gasteiger partial charge in [0.1, 0.15) is 5.75 Å². The van der Waals surface area contributed by atoms with Crippen LogP contribution in [-0.2, 0) is 6.54 Å². The third-order valence-corrected chi connectivity index (χ3v) is 3.94. The maximum atomic E-state index is 12.2. The fraction of sp³-hybridized carbons (Fsp3) is 0.133. The van der Waals surface area contributed by atoms with Crippen LogP contribution >= 0.6 is 31.9 Å². The van der Waals surface area contributed by atoms with Crippen LogP contribution in [0, 0.1) is 0 Å². The van der Waals surface area contributed by atoms with Gasteiger partial charge in [0.25, 0.3) is 5.91 Å². The van der Waals surface area contributed by atoms with E-state index in [4.69, 9.17) is 4.74 Å². The summed E-state index contributed by atoms with van der Waals surface area (Å²) in [5.41, 5.74) is 1.55. The highest BCUT2D eigenvalue weighted by Crippen LogP contribution is 2.28. The van der Waals surface area contributed by atoms with Gasteiger partial charge in [-0.15, -0.1) is 0 Å². The number of benzene rings is 2. The zero-order valence-corrected chi connectivity index (χ0v) is 14.0. The number of hydrogen-bond donors (Lipinski definition) is 1. The molecule has 0 heterocycles. The predicted molar refractivity (Wildman–Crippen MR) is 86.0 cm³/mol. The number of ether oxygens (including phenoxy) is 1. The van der Waals surface area contributed by atoms with Gasteiger partial charge in [-0.3, -0.25) is 4.79 Å². The molecule has 0 saturated carbocycles. The van der Waals surface area contributed by atoms with Gasteiger partial charge in [-0.25, -0.2) is 0 Å². The molecule has 0 spiro atoms. The maximum Gasteiger partial charge on any atom is 0.255 e. The minimum absolute atomic E-state index is 0.161. The summed E-state index contributed by atoms with van der Waals surface area (Å²) in [6, 6.07) is 13.2. The largest absolute Gasteiger partial charge is 0.495 e. The predicted octanol–water partition coefficient (Wildman–Crippen LogP) is 4.15. The first-order chi connectivity index (χ1) is 9.61. The minimum atomic E-state index is -0.161. The quantitative estimate of drug-likeness (QED) is 0.839. The van der Waals surface area contributed by atoms with Crippen LogP contribution < -0.4 is 10.1 Å². The van der Waals surface area contributed by atoms with Crippen LogP contribution in [-0.4, -0.2) is 13.0 Å². The fourth-order valence-electron chi connectivity index (χ4n) is 1.77. The fourth-order valence-corrected chi connectivity index (χ4v) is 2.57. The molecule has 0 aliphatic heterocycles. The zero-order chi connectivity index (χ0) is 14.5. The molecule has 2 aromatic carbocycles. The summed E-state index contributed by atoms with van der Waals surface area (Å²) < 4.78 is 7.03. The van der Waals surface area contributed by atoms with E-state index < -0.39 is 0 Å². The number of amides is 1. The third kappa shape index (κ3) is 3.61. The first-order valence-corrected chi connectivity index (χ1v) is 7.55. The van der Waals surface area contributed by atoms with E-state index in [0.717, 1.165) is 14.5 Å². The van der Waals surface area contributed by atoms with Crippen LogP contribution in [0.15, 0.2) is 51.4 Å². The van der Waals surface area contributed by atoms with E-state index in [-0.39, 0.29) is 5.91 Å². The first kappa shape index (κ1) is 15.1. The van der Waals surface area contributed by atoms with Crippen LogP contribution in [0.1, 0.15) is 15.9 Å². The first-order valence-electron chi connectivity index (χ1n) is 5.97. The van der Waals surface area contributed by atoms with Crippen LogP contribution in [0.25, 0.3) is 0 Å². The topological polar surface area (TPSA) is 38.3 Å². The average Bonchev–Trinajstić information content (AvgIpc) is 2.46. The molecule has 1 N–H and O–H groups in total. The van der Waals surface area contributed by atoms with Crippen molar-refractivity contribution in [2.75, 3.05) is 7.11 Å². The SMILES string of the molecule is COc1c(Br)cccc1C(=O)NCc1ccc(Br)cc1. The summed E-state index contributed by atoms with van der Waals surface area (Å²) in [7, 11) is 1.55. The molecule has 0 aliphatic carbocycles. The lowest BCUT2D eigenvalue weighted by atomic mass is 10.1. The Balaban J connectivity index is 2.09. The number of nitrogens with one attached hydrogen (secondary N) is 1. The highest BCUT2D eigenvalue weighted by Gasteiger charge is 2.14. The smallest absolute Gasteiger partial charge is 0.255 e. The summed E-state index contributed by atoms with van der Waals surface area (Å²) in [6.07, 6.45) is 0. The van der Waals surface area contributed by atoms with Gasteiger partial charge in [0.2, 0.25) is 0 Å². The van der Waals surface area contributed by atoms with Crippen LogP contribution in [0.3, 0.4) is 0 Å². The Kier molecular flexibility index (Phi) is 5.20. The van der Waals surface area contributed by atoms with Crippen molar-refractivity contribution in [1.82, 2.24) is 5.32 Å². The molecular formula is C15H13Br2NO2.